The van der Waals surface area contributed by atoms with Crippen molar-refractivity contribution >= 4 is 5.91 Å². The highest BCUT2D eigenvalue weighted by atomic mass is 16.2. The first-order valence-electron chi connectivity index (χ1n) is 6.08. The van der Waals surface area contributed by atoms with Gasteiger partial charge in [0.1, 0.15) is 0 Å². The molecule has 1 fully saturated rings. The predicted molar refractivity (Wildman–Crippen MR) is 62.4 cm³/mol. The molecule has 0 bridgehead atoms. The zero-order valence-electron chi connectivity index (χ0n) is 10.2. The molecule has 1 saturated carbocycles. The number of amides is 1. The summed E-state index contributed by atoms with van der Waals surface area (Å²) in [5.74, 6) is 1.38. The lowest BCUT2D eigenvalue weighted by atomic mass is 10.0. The van der Waals surface area contributed by atoms with Gasteiger partial charge in [0.25, 0.3) is 0 Å². The van der Waals surface area contributed by atoms with E-state index >= 15 is 0 Å². The normalized spacial score (nSPS) is 17.9. The number of rotatable bonds is 6. The fourth-order valence-electron chi connectivity index (χ4n) is 1.59. The maximum Gasteiger partial charge on any atom is 0.224 e. The minimum Gasteiger partial charge on any atom is -0.343 e. The van der Waals surface area contributed by atoms with E-state index in [4.69, 9.17) is 5.73 Å². The summed E-state index contributed by atoms with van der Waals surface area (Å²) in [6.45, 7) is 7.94. The van der Waals surface area contributed by atoms with E-state index < -0.39 is 0 Å². The highest BCUT2D eigenvalue weighted by Gasteiger charge is 2.26. The molecule has 0 spiro atoms. The fraction of sp³-hybridized carbons (Fsp3) is 0.917. The van der Waals surface area contributed by atoms with Gasteiger partial charge in [-0.3, -0.25) is 4.79 Å². The van der Waals surface area contributed by atoms with E-state index in [2.05, 4.69) is 13.8 Å². The van der Waals surface area contributed by atoms with Crippen LogP contribution in [-0.2, 0) is 4.79 Å². The molecule has 1 rings (SSSR count). The van der Waals surface area contributed by atoms with Crippen LogP contribution in [0.3, 0.4) is 0 Å². The van der Waals surface area contributed by atoms with E-state index in [1.807, 2.05) is 11.8 Å². The quantitative estimate of drug-likeness (QED) is 0.727. The molecule has 0 heterocycles. The highest BCUT2D eigenvalue weighted by molar-refractivity contribution is 5.76. The maximum atomic E-state index is 11.9. The molecule has 0 radical (unpaired) electrons. The fourth-order valence-corrected chi connectivity index (χ4v) is 1.59. The van der Waals surface area contributed by atoms with Crippen LogP contribution in [0.15, 0.2) is 0 Å². The molecule has 88 valence electrons. The van der Waals surface area contributed by atoms with Gasteiger partial charge in [0, 0.05) is 25.6 Å². The number of carbonyl (C=O) groups excluding carboxylic acids is 1. The Bertz CT molecular complexity index is 212. The van der Waals surface area contributed by atoms with Gasteiger partial charge >= 0.3 is 0 Å². The molecular weight excluding hydrogens is 188 g/mol. The summed E-state index contributed by atoms with van der Waals surface area (Å²) in [6.07, 6.45) is 3.08. The van der Waals surface area contributed by atoms with Gasteiger partial charge in [-0.2, -0.15) is 0 Å². The predicted octanol–water partition coefficient (Wildman–Crippen LogP) is 1.62. The topological polar surface area (TPSA) is 46.3 Å². The summed E-state index contributed by atoms with van der Waals surface area (Å²) in [6, 6.07) is 0.00533. The molecule has 1 atom stereocenters. The van der Waals surface area contributed by atoms with Gasteiger partial charge in [0.2, 0.25) is 5.91 Å². The van der Waals surface area contributed by atoms with Gasteiger partial charge in [-0.25, -0.2) is 0 Å². The van der Waals surface area contributed by atoms with E-state index in [0.29, 0.717) is 12.3 Å². The van der Waals surface area contributed by atoms with Gasteiger partial charge in [-0.15, -0.1) is 0 Å². The van der Waals surface area contributed by atoms with E-state index in [-0.39, 0.29) is 11.9 Å². The molecule has 1 unspecified atom stereocenters. The smallest absolute Gasteiger partial charge is 0.224 e. The second-order valence-electron chi connectivity index (χ2n) is 4.99. The van der Waals surface area contributed by atoms with Crippen LogP contribution in [0.2, 0.25) is 0 Å². The summed E-state index contributed by atoms with van der Waals surface area (Å²) >= 11 is 0. The number of nitrogens with two attached hydrogens (primary N) is 1. The third-order valence-corrected chi connectivity index (χ3v) is 3.18. The average Bonchev–Trinajstić information content (AvgIpc) is 2.97. The van der Waals surface area contributed by atoms with E-state index in [0.717, 1.165) is 19.0 Å². The molecule has 0 aliphatic heterocycles. The van der Waals surface area contributed by atoms with E-state index in [9.17, 15) is 4.79 Å². The van der Waals surface area contributed by atoms with Crippen molar-refractivity contribution < 1.29 is 4.79 Å². The van der Waals surface area contributed by atoms with Gasteiger partial charge in [0.15, 0.2) is 0 Å². The molecule has 0 aromatic rings. The van der Waals surface area contributed by atoms with Gasteiger partial charge in [-0.1, -0.05) is 13.8 Å². The largest absolute Gasteiger partial charge is 0.343 e. The van der Waals surface area contributed by atoms with Crippen molar-refractivity contribution in [1.29, 1.82) is 0 Å². The Morgan fingerprint density at radius 3 is 2.47 bits per heavy atom. The van der Waals surface area contributed by atoms with Crippen LogP contribution in [0, 0.1) is 11.8 Å². The minimum atomic E-state index is 0.00533. The standard InChI is InChI=1S/C12H24N2O/c1-4-14(8-10-5-6-10)12(15)7-11(13)9(2)3/h9-11H,4-8,13H2,1-3H3. The van der Waals surface area contributed by atoms with Crippen LogP contribution in [0.4, 0.5) is 0 Å². The van der Waals surface area contributed by atoms with Crippen molar-refractivity contribution in [1.82, 2.24) is 4.90 Å². The molecule has 0 aromatic heterocycles. The molecule has 1 amide bonds. The highest BCUT2D eigenvalue weighted by Crippen LogP contribution is 2.29. The molecule has 1 aliphatic rings. The van der Waals surface area contributed by atoms with Gasteiger partial charge in [-0.05, 0) is 31.6 Å². The van der Waals surface area contributed by atoms with Crippen LogP contribution in [0.1, 0.15) is 40.0 Å². The van der Waals surface area contributed by atoms with Crippen molar-refractivity contribution in [3.05, 3.63) is 0 Å². The summed E-state index contributed by atoms with van der Waals surface area (Å²) in [5.41, 5.74) is 5.91. The lowest BCUT2D eigenvalue weighted by Gasteiger charge is -2.23. The Balaban J connectivity index is 2.34. The molecule has 15 heavy (non-hydrogen) atoms. The maximum absolute atomic E-state index is 11.9. The van der Waals surface area contributed by atoms with E-state index in [1.165, 1.54) is 12.8 Å². The lowest BCUT2D eigenvalue weighted by molar-refractivity contribution is -0.131. The third-order valence-electron chi connectivity index (χ3n) is 3.18. The van der Waals surface area contributed by atoms with Crippen molar-refractivity contribution in [3.63, 3.8) is 0 Å². The minimum absolute atomic E-state index is 0.00533. The van der Waals surface area contributed by atoms with Crippen molar-refractivity contribution in [2.45, 2.75) is 46.1 Å². The molecule has 0 aromatic carbocycles. The molecule has 1 aliphatic carbocycles. The first kappa shape index (κ1) is 12.5. The Hall–Kier alpha value is -0.570. The summed E-state index contributed by atoms with van der Waals surface area (Å²) in [5, 5.41) is 0. The average molecular weight is 212 g/mol. The number of nitrogens with zero attached hydrogens (tertiary/aromatic N) is 1. The third kappa shape index (κ3) is 4.20. The number of hydrogen-bond donors (Lipinski definition) is 1. The van der Waals surface area contributed by atoms with Crippen LogP contribution in [-0.4, -0.2) is 29.9 Å². The summed E-state index contributed by atoms with van der Waals surface area (Å²) < 4.78 is 0. The van der Waals surface area contributed by atoms with Crippen LogP contribution < -0.4 is 5.73 Å². The number of carbonyl (C=O) groups is 1. The Morgan fingerprint density at radius 2 is 2.07 bits per heavy atom. The first-order chi connectivity index (χ1) is 7.04. The van der Waals surface area contributed by atoms with Gasteiger partial charge in [0.05, 0.1) is 0 Å². The molecular formula is C12H24N2O. The lowest BCUT2D eigenvalue weighted by Crippen LogP contribution is -2.38. The second kappa shape index (κ2) is 5.50. The second-order valence-corrected chi connectivity index (χ2v) is 4.99. The van der Waals surface area contributed by atoms with Crippen molar-refractivity contribution in [3.8, 4) is 0 Å². The molecule has 3 heteroatoms. The van der Waals surface area contributed by atoms with Crippen LogP contribution in [0.25, 0.3) is 0 Å². The van der Waals surface area contributed by atoms with Crippen LogP contribution in [0.5, 0.6) is 0 Å². The summed E-state index contributed by atoms with van der Waals surface area (Å²) in [4.78, 5) is 13.9. The Morgan fingerprint density at radius 1 is 1.47 bits per heavy atom. The SMILES string of the molecule is CCN(CC1CC1)C(=O)CC(N)C(C)C. The molecule has 0 saturated heterocycles. The summed E-state index contributed by atoms with van der Waals surface area (Å²) in [7, 11) is 0. The van der Waals surface area contributed by atoms with Crippen LogP contribution >= 0.6 is 0 Å². The zero-order chi connectivity index (χ0) is 11.4. The van der Waals surface area contributed by atoms with Gasteiger partial charge < -0.3 is 10.6 Å². The molecule has 3 nitrogen and oxygen atoms in total. The Kier molecular flexibility index (Phi) is 4.58. The van der Waals surface area contributed by atoms with E-state index in [1.54, 1.807) is 0 Å². The van der Waals surface area contributed by atoms with Crippen molar-refractivity contribution in [2.75, 3.05) is 13.1 Å². The van der Waals surface area contributed by atoms with Crippen molar-refractivity contribution in [2.24, 2.45) is 17.6 Å². The zero-order valence-corrected chi connectivity index (χ0v) is 10.2. The Labute approximate surface area is 93.0 Å². The number of hydrogen-bond acceptors (Lipinski definition) is 2. The first-order valence-corrected chi connectivity index (χ1v) is 6.08. The molecule has 2 N–H and O–H groups in total. The monoisotopic (exact) mass is 212 g/mol.